The molecule has 0 aromatic heterocycles. The SMILES string of the molecule is COc1ccc(Br)cc1/C=C/C(=O)Nc1cccc(CN2CCOCC2)c1. The number of rotatable bonds is 6. The third-order valence-electron chi connectivity index (χ3n) is 4.31. The van der Waals surface area contributed by atoms with E-state index in [4.69, 9.17) is 9.47 Å². The summed E-state index contributed by atoms with van der Waals surface area (Å²) in [5.74, 6) is 0.537. The number of ether oxygens (including phenoxy) is 2. The van der Waals surface area contributed by atoms with Gasteiger partial charge in [0.15, 0.2) is 0 Å². The molecule has 1 N–H and O–H groups in total. The third-order valence-corrected chi connectivity index (χ3v) is 4.80. The van der Waals surface area contributed by atoms with Crippen molar-refractivity contribution in [1.29, 1.82) is 0 Å². The zero-order valence-electron chi connectivity index (χ0n) is 15.3. The Balaban J connectivity index is 1.62. The van der Waals surface area contributed by atoms with E-state index in [2.05, 4.69) is 32.2 Å². The smallest absolute Gasteiger partial charge is 0.248 e. The molecule has 0 unspecified atom stereocenters. The summed E-state index contributed by atoms with van der Waals surface area (Å²) in [4.78, 5) is 14.6. The minimum atomic E-state index is -0.180. The van der Waals surface area contributed by atoms with E-state index in [9.17, 15) is 4.79 Å². The monoisotopic (exact) mass is 430 g/mol. The molecule has 0 spiro atoms. The Kier molecular flexibility index (Phi) is 7.04. The van der Waals surface area contributed by atoms with Crippen LogP contribution in [-0.4, -0.2) is 44.2 Å². The number of hydrogen-bond donors (Lipinski definition) is 1. The number of nitrogens with zero attached hydrogens (tertiary/aromatic N) is 1. The van der Waals surface area contributed by atoms with Gasteiger partial charge in [-0.1, -0.05) is 28.1 Å². The first-order valence-electron chi connectivity index (χ1n) is 8.86. The van der Waals surface area contributed by atoms with Crippen LogP contribution in [0.4, 0.5) is 5.69 Å². The number of benzene rings is 2. The number of halogens is 1. The van der Waals surface area contributed by atoms with Crippen LogP contribution in [0.2, 0.25) is 0 Å². The maximum Gasteiger partial charge on any atom is 0.248 e. The Bertz CT molecular complexity index is 817. The lowest BCUT2D eigenvalue weighted by atomic mass is 10.1. The van der Waals surface area contributed by atoms with Crippen molar-refractivity contribution in [2.24, 2.45) is 0 Å². The highest BCUT2D eigenvalue weighted by molar-refractivity contribution is 9.10. The molecular formula is C21H23BrN2O3. The van der Waals surface area contributed by atoms with Crippen LogP contribution in [0.1, 0.15) is 11.1 Å². The largest absolute Gasteiger partial charge is 0.496 e. The van der Waals surface area contributed by atoms with Gasteiger partial charge in [-0.15, -0.1) is 0 Å². The molecule has 142 valence electrons. The molecule has 0 saturated carbocycles. The fourth-order valence-corrected chi connectivity index (χ4v) is 3.33. The van der Waals surface area contributed by atoms with E-state index in [0.717, 1.165) is 54.3 Å². The summed E-state index contributed by atoms with van der Waals surface area (Å²) in [7, 11) is 1.61. The van der Waals surface area contributed by atoms with Crippen molar-refractivity contribution in [3.05, 3.63) is 64.1 Å². The van der Waals surface area contributed by atoms with E-state index < -0.39 is 0 Å². The molecule has 6 heteroatoms. The Morgan fingerprint density at radius 1 is 1.26 bits per heavy atom. The van der Waals surface area contributed by atoms with E-state index in [1.807, 2.05) is 36.4 Å². The molecule has 0 radical (unpaired) electrons. The summed E-state index contributed by atoms with van der Waals surface area (Å²) in [5, 5.41) is 2.92. The molecule has 1 aliphatic rings. The first-order chi connectivity index (χ1) is 13.1. The second-order valence-corrected chi connectivity index (χ2v) is 7.21. The molecule has 0 bridgehead atoms. The van der Waals surface area contributed by atoms with Crippen LogP contribution in [0, 0.1) is 0 Å². The van der Waals surface area contributed by atoms with E-state index in [1.54, 1.807) is 13.2 Å². The average molecular weight is 431 g/mol. The number of methoxy groups -OCH3 is 1. The minimum Gasteiger partial charge on any atom is -0.496 e. The van der Waals surface area contributed by atoms with Crippen molar-refractivity contribution in [2.45, 2.75) is 6.54 Å². The maximum atomic E-state index is 12.3. The Hall–Kier alpha value is -2.15. The van der Waals surface area contributed by atoms with Gasteiger partial charge in [-0.05, 0) is 42.0 Å². The van der Waals surface area contributed by atoms with Gasteiger partial charge in [0.2, 0.25) is 5.91 Å². The van der Waals surface area contributed by atoms with E-state index >= 15 is 0 Å². The molecule has 1 fully saturated rings. The van der Waals surface area contributed by atoms with Crippen molar-refractivity contribution < 1.29 is 14.3 Å². The molecule has 5 nitrogen and oxygen atoms in total. The number of carbonyl (C=O) groups is 1. The van der Waals surface area contributed by atoms with Gasteiger partial charge >= 0.3 is 0 Å². The molecule has 1 aliphatic heterocycles. The summed E-state index contributed by atoms with van der Waals surface area (Å²) in [6, 6.07) is 13.6. The minimum absolute atomic E-state index is 0.180. The number of nitrogens with one attached hydrogen (secondary N) is 1. The van der Waals surface area contributed by atoms with Crippen LogP contribution in [0.25, 0.3) is 6.08 Å². The molecule has 1 amide bonds. The van der Waals surface area contributed by atoms with Crippen molar-refractivity contribution in [1.82, 2.24) is 4.90 Å². The molecule has 0 atom stereocenters. The van der Waals surface area contributed by atoms with E-state index in [0.29, 0.717) is 0 Å². The van der Waals surface area contributed by atoms with Crippen molar-refractivity contribution in [3.8, 4) is 5.75 Å². The third kappa shape index (κ3) is 5.92. The Morgan fingerprint density at radius 2 is 2.07 bits per heavy atom. The second kappa shape index (κ2) is 9.69. The fraction of sp³-hybridized carbons (Fsp3) is 0.286. The first-order valence-corrected chi connectivity index (χ1v) is 9.65. The number of hydrogen-bond acceptors (Lipinski definition) is 4. The molecular weight excluding hydrogens is 408 g/mol. The summed E-state index contributed by atoms with van der Waals surface area (Å²) >= 11 is 3.43. The number of carbonyl (C=O) groups excluding carboxylic acids is 1. The van der Waals surface area contributed by atoms with Gasteiger partial charge < -0.3 is 14.8 Å². The predicted molar refractivity (Wildman–Crippen MR) is 111 cm³/mol. The Morgan fingerprint density at radius 3 is 2.85 bits per heavy atom. The quantitative estimate of drug-likeness (QED) is 0.705. The summed E-state index contributed by atoms with van der Waals surface area (Å²) < 4.78 is 11.6. The highest BCUT2D eigenvalue weighted by atomic mass is 79.9. The van der Waals surface area contributed by atoms with Gasteiger partial charge in [0.05, 0.1) is 20.3 Å². The predicted octanol–water partition coefficient (Wildman–Crippen LogP) is 3.94. The number of amides is 1. The van der Waals surface area contributed by atoms with Gasteiger partial charge in [-0.25, -0.2) is 0 Å². The van der Waals surface area contributed by atoms with Crippen LogP contribution in [0.5, 0.6) is 5.75 Å². The molecule has 3 rings (SSSR count). The summed E-state index contributed by atoms with van der Waals surface area (Å²) in [5.41, 5.74) is 2.80. The van der Waals surface area contributed by atoms with Crippen LogP contribution in [-0.2, 0) is 16.1 Å². The molecule has 2 aromatic carbocycles. The lowest BCUT2D eigenvalue weighted by molar-refractivity contribution is -0.111. The van der Waals surface area contributed by atoms with Gasteiger partial charge in [-0.3, -0.25) is 9.69 Å². The second-order valence-electron chi connectivity index (χ2n) is 6.30. The highest BCUT2D eigenvalue weighted by Gasteiger charge is 2.11. The zero-order valence-corrected chi connectivity index (χ0v) is 16.9. The molecule has 1 heterocycles. The van der Waals surface area contributed by atoms with Crippen LogP contribution >= 0.6 is 15.9 Å². The van der Waals surface area contributed by atoms with E-state index in [1.165, 1.54) is 11.6 Å². The normalized spacial score (nSPS) is 15.0. The fourth-order valence-electron chi connectivity index (χ4n) is 2.95. The molecule has 0 aliphatic carbocycles. The van der Waals surface area contributed by atoms with Crippen LogP contribution in [0.15, 0.2) is 53.0 Å². The Labute approximate surface area is 168 Å². The maximum absolute atomic E-state index is 12.3. The van der Waals surface area contributed by atoms with Crippen molar-refractivity contribution in [2.75, 3.05) is 38.7 Å². The molecule has 27 heavy (non-hydrogen) atoms. The lowest BCUT2D eigenvalue weighted by Crippen LogP contribution is -2.35. The standard InChI is InChI=1S/C21H23BrN2O3/c1-26-20-7-6-18(22)14-17(20)5-8-21(25)23-19-4-2-3-16(13-19)15-24-9-11-27-12-10-24/h2-8,13-14H,9-12,15H2,1H3,(H,23,25)/b8-5+. The zero-order chi connectivity index (χ0) is 19.1. The molecule has 1 saturated heterocycles. The van der Waals surface area contributed by atoms with E-state index in [-0.39, 0.29) is 5.91 Å². The average Bonchev–Trinajstić information content (AvgIpc) is 2.67. The highest BCUT2D eigenvalue weighted by Crippen LogP contribution is 2.24. The van der Waals surface area contributed by atoms with Gasteiger partial charge in [0, 0.05) is 41.4 Å². The van der Waals surface area contributed by atoms with Gasteiger partial charge in [0.25, 0.3) is 0 Å². The summed E-state index contributed by atoms with van der Waals surface area (Å²) in [6.45, 7) is 4.29. The van der Waals surface area contributed by atoms with Crippen molar-refractivity contribution >= 4 is 33.6 Å². The van der Waals surface area contributed by atoms with Crippen LogP contribution < -0.4 is 10.1 Å². The lowest BCUT2D eigenvalue weighted by Gasteiger charge is -2.26. The van der Waals surface area contributed by atoms with Crippen LogP contribution in [0.3, 0.4) is 0 Å². The topological polar surface area (TPSA) is 50.8 Å². The molecule has 2 aromatic rings. The van der Waals surface area contributed by atoms with Gasteiger partial charge in [0.1, 0.15) is 5.75 Å². The van der Waals surface area contributed by atoms with Gasteiger partial charge in [-0.2, -0.15) is 0 Å². The summed E-state index contributed by atoms with van der Waals surface area (Å²) in [6.07, 6.45) is 3.26. The number of morpholine rings is 1. The first kappa shape index (κ1) is 19.6. The van der Waals surface area contributed by atoms with Crippen molar-refractivity contribution in [3.63, 3.8) is 0 Å². The number of anilines is 1.